The van der Waals surface area contributed by atoms with Crippen LogP contribution in [0, 0.1) is 34.9 Å². The lowest BCUT2D eigenvalue weighted by atomic mass is 9.85. The van der Waals surface area contributed by atoms with Gasteiger partial charge < -0.3 is 29.2 Å². The molecule has 0 radical (unpaired) electrons. The number of carbonyl (C=O) groups is 3. The summed E-state index contributed by atoms with van der Waals surface area (Å²) < 4.78 is 66.0. The normalized spacial score (nSPS) is 32.6. The first-order chi connectivity index (χ1) is 22.3. The highest BCUT2D eigenvalue weighted by molar-refractivity contribution is 5.89. The molecule has 2 aliphatic carbocycles. The summed E-state index contributed by atoms with van der Waals surface area (Å²) >= 11 is 0. The summed E-state index contributed by atoms with van der Waals surface area (Å²) in [4.78, 5) is 45.7. The Morgan fingerprint density at radius 1 is 1.13 bits per heavy atom. The van der Waals surface area contributed by atoms with Crippen molar-refractivity contribution in [2.24, 2.45) is 29.1 Å². The number of halogens is 3. The number of nitrogens with one attached hydrogen (secondary N) is 1. The van der Waals surface area contributed by atoms with Gasteiger partial charge in [-0.2, -0.15) is 0 Å². The maximum Gasteiger partial charge on any atom is 0.408 e. The van der Waals surface area contributed by atoms with Crippen LogP contribution in [0.2, 0.25) is 0 Å². The van der Waals surface area contributed by atoms with E-state index in [9.17, 15) is 14.4 Å². The van der Waals surface area contributed by atoms with E-state index in [-0.39, 0.29) is 35.9 Å². The van der Waals surface area contributed by atoms with Crippen molar-refractivity contribution in [2.45, 2.75) is 103 Å². The zero-order valence-corrected chi connectivity index (χ0v) is 27.6. The van der Waals surface area contributed by atoms with Gasteiger partial charge in [0.05, 0.1) is 25.2 Å². The molecule has 2 saturated carbocycles. The van der Waals surface area contributed by atoms with Gasteiger partial charge in [-0.25, -0.2) is 22.9 Å². The zero-order chi connectivity index (χ0) is 33.8. The number of hydrogen-bond acceptors (Lipinski definition) is 7. The van der Waals surface area contributed by atoms with Crippen LogP contribution in [-0.4, -0.2) is 66.1 Å². The van der Waals surface area contributed by atoms with Crippen molar-refractivity contribution in [3.05, 3.63) is 29.6 Å². The number of amides is 2. The molecule has 2 aliphatic heterocycles. The van der Waals surface area contributed by atoms with E-state index in [1.807, 2.05) is 0 Å². The van der Waals surface area contributed by atoms with E-state index in [0.717, 1.165) is 6.42 Å². The van der Waals surface area contributed by atoms with Crippen LogP contribution in [0.4, 0.5) is 18.0 Å². The number of benzene rings is 1. The van der Waals surface area contributed by atoms with Gasteiger partial charge >= 0.3 is 6.09 Å². The fourth-order valence-electron chi connectivity index (χ4n) is 8.11. The molecule has 4 aliphatic rings. The molecule has 1 aromatic carbocycles. The molecule has 1 saturated heterocycles. The van der Waals surface area contributed by atoms with Crippen molar-refractivity contribution < 1.29 is 41.8 Å². The average molecular weight is 660 g/mol. The van der Waals surface area contributed by atoms with Crippen LogP contribution < -0.4 is 14.8 Å². The van der Waals surface area contributed by atoms with E-state index < -0.39 is 71.1 Å². The summed E-state index contributed by atoms with van der Waals surface area (Å²) in [6, 6.07) is 2.27. The molecule has 1 aromatic heterocycles. The zero-order valence-electron chi connectivity index (χ0n) is 27.6. The third kappa shape index (κ3) is 6.24. The van der Waals surface area contributed by atoms with E-state index in [4.69, 9.17) is 14.2 Å². The Hall–Kier alpha value is -3.57. The van der Waals surface area contributed by atoms with Crippen LogP contribution in [0.1, 0.15) is 78.2 Å². The first-order valence-electron chi connectivity index (χ1n) is 16.7. The Labute approximate surface area is 272 Å². The molecule has 2 aromatic rings. The predicted molar refractivity (Wildman–Crippen MR) is 167 cm³/mol. The van der Waals surface area contributed by atoms with Gasteiger partial charge in [0.1, 0.15) is 41.7 Å². The van der Waals surface area contributed by atoms with Gasteiger partial charge in [0, 0.05) is 23.8 Å². The van der Waals surface area contributed by atoms with Crippen LogP contribution in [0.3, 0.4) is 0 Å². The molecule has 12 heteroatoms. The van der Waals surface area contributed by atoms with Gasteiger partial charge in [-0.3, -0.25) is 4.79 Å². The number of rotatable bonds is 3. The number of carbonyl (C=O) groups excluding carboxylic acids is 3. The quantitative estimate of drug-likeness (QED) is 0.380. The van der Waals surface area contributed by atoms with E-state index in [1.165, 1.54) is 30.2 Å². The summed E-state index contributed by atoms with van der Waals surface area (Å²) in [5.74, 6) is -5.25. The fraction of sp³-hybridized carbons (Fsp3) is 0.657. The Morgan fingerprint density at radius 2 is 1.89 bits per heavy atom. The number of fused-ring (bicyclic) bond motifs is 7. The lowest BCUT2D eigenvalue weighted by molar-refractivity contribution is -0.139. The lowest BCUT2D eigenvalue weighted by Gasteiger charge is -2.35. The summed E-state index contributed by atoms with van der Waals surface area (Å²) in [5, 5.41) is 2.70. The highest BCUT2D eigenvalue weighted by atomic mass is 19.3. The van der Waals surface area contributed by atoms with Gasteiger partial charge in [0.15, 0.2) is 0 Å². The first kappa shape index (κ1) is 33.3. The summed E-state index contributed by atoms with van der Waals surface area (Å²) in [6.45, 7) is 7.06. The van der Waals surface area contributed by atoms with Crippen LogP contribution in [0.25, 0.3) is 10.9 Å². The Morgan fingerprint density at radius 3 is 2.57 bits per heavy atom. The van der Waals surface area contributed by atoms with Gasteiger partial charge in [-0.15, -0.1) is 0 Å². The molecular weight excluding hydrogens is 615 g/mol. The third-order valence-corrected chi connectivity index (χ3v) is 10.7. The van der Waals surface area contributed by atoms with E-state index >= 15 is 13.2 Å². The molecule has 47 heavy (non-hydrogen) atoms. The number of pyridine rings is 1. The molecule has 3 heterocycles. The van der Waals surface area contributed by atoms with Crippen molar-refractivity contribution in [1.82, 2.24) is 15.2 Å². The van der Waals surface area contributed by atoms with Gasteiger partial charge in [-0.05, 0) is 67.4 Å². The van der Waals surface area contributed by atoms with Crippen LogP contribution in [0.15, 0.2) is 18.2 Å². The number of ether oxygens (including phenoxy) is 3. The molecule has 3 fully saturated rings. The molecule has 2 unspecified atom stereocenters. The number of aromatic nitrogens is 1. The minimum atomic E-state index is -3.63. The topological polar surface area (TPSA) is 107 Å². The minimum absolute atomic E-state index is 0.0269. The second-order valence-electron chi connectivity index (χ2n) is 14.7. The Bertz CT molecular complexity index is 1550. The Balaban J connectivity index is 1.44. The summed E-state index contributed by atoms with van der Waals surface area (Å²) in [6.07, 6.45) is 1.19. The second-order valence-corrected chi connectivity index (χ2v) is 14.7. The number of aldehydes is 1. The highest BCUT2D eigenvalue weighted by Crippen LogP contribution is 2.58. The SMILES string of the molecule is CC[C@@H]1[C@@H]2CN(C(=O)[C@H](C(C)(C)C)NC(=O)O[C@@H]3CC4CC4[C@H]3CCCCC(F)(F)c3c(nc4cc(OC)ccc4c3F)O2)[C@@H]1C=O. The minimum Gasteiger partial charge on any atom is -0.497 e. The molecule has 0 spiro atoms. The number of alkyl carbamates (subject to hydrolysis) is 1. The molecule has 2 bridgehead atoms. The van der Waals surface area contributed by atoms with Crippen molar-refractivity contribution >= 4 is 29.2 Å². The number of hydrogen-bond donors (Lipinski definition) is 1. The number of nitrogens with zero attached hydrogens (tertiary/aromatic N) is 2. The molecule has 9 nitrogen and oxygen atoms in total. The van der Waals surface area contributed by atoms with Gasteiger partial charge in [-0.1, -0.05) is 34.1 Å². The third-order valence-electron chi connectivity index (χ3n) is 10.7. The van der Waals surface area contributed by atoms with E-state index in [1.54, 1.807) is 27.7 Å². The summed E-state index contributed by atoms with van der Waals surface area (Å²) in [5.41, 5.74) is -1.62. The highest BCUT2D eigenvalue weighted by Gasteiger charge is 2.55. The molecule has 2 amide bonds. The molecule has 8 atom stereocenters. The Kier molecular flexibility index (Phi) is 8.84. The molecule has 1 N–H and O–H groups in total. The van der Waals surface area contributed by atoms with E-state index in [0.29, 0.717) is 49.6 Å². The molecular formula is C35H44F3N3O6. The van der Waals surface area contributed by atoms with Crippen LogP contribution in [0.5, 0.6) is 11.6 Å². The van der Waals surface area contributed by atoms with Crippen molar-refractivity contribution in [3.8, 4) is 11.6 Å². The molecule has 6 rings (SSSR count). The summed E-state index contributed by atoms with van der Waals surface area (Å²) in [7, 11) is 1.43. The van der Waals surface area contributed by atoms with Crippen LogP contribution in [-0.2, 0) is 20.2 Å². The smallest absolute Gasteiger partial charge is 0.408 e. The van der Waals surface area contributed by atoms with Crippen molar-refractivity contribution in [1.29, 1.82) is 0 Å². The number of alkyl halides is 2. The fourth-order valence-corrected chi connectivity index (χ4v) is 8.11. The maximum absolute atomic E-state index is 16.2. The maximum atomic E-state index is 16.2. The lowest BCUT2D eigenvalue weighted by Crippen LogP contribution is -2.56. The van der Waals surface area contributed by atoms with Gasteiger partial charge in [0.2, 0.25) is 11.8 Å². The second kappa shape index (κ2) is 12.5. The van der Waals surface area contributed by atoms with E-state index in [2.05, 4.69) is 10.3 Å². The van der Waals surface area contributed by atoms with Crippen molar-refractivity contribution in [2.75, 3.05) is 13.7 Å². The monoisotopic (exact) mass is 659 g/mol. The first-order valence-corrected chi connectivity index (χ1v) is 16.7. The standard InChI is InChI=1S/C35H44F3N3O6/c1-6-20-25(17-42)41-16-27(20)46-31-28(29(36)22-11-10-19(45-5)15-24(22)39-31)35(37,38)12-8-7-9-21-23-13-18(23)14-26(21)47-33(44)40-30(32(41)43)34(2,3)4/h10-11,15,17-18,20-21,23,25-27,30H,6-9,12-14,16H2,1-5H3,(H,40,44)/t18?,20-,21+,23?,25+,26+,27-,30+/m0/s1. The van der Waals surface area contributed by atoms with Crippen LogP contribution >= 0.6 is 0 Å². The van der Waals surface area contributed by atoms with Crippen molar-refractivity contribution in [3.63, 3.8) is 0 Å². The largest absolute Gasteiger partial charge is 0.497 e. The average Bonchev–Trinajstić information content (AvgIpc) is 3.56. The van der Waals surface area contributed by atoms with Gasteiger partial charge in [0.25, 0.3) is 5.92 Å². The molecule has 256 valence electrons. The number of methoxy groups -OCH3 is 1. The predicted octanol–water partition coefficient (Wildman–Crippen LogP) is 6.40.